The number of hydrogen-bond acceptors (Lipinski definition) is 2. The number of aryl methyl sites for hydroxylation is 1. The minimum atomic E-state index is -0.856. The van der Waals surface area contributed by atoms with E-state index in [1.54, 1.807) is 18.2 Å². The average Bonchev–Trinajstić information content (AvgIpc) is 2.56. The highest BCUT2D eigenvalue weighted by Crippen LogP contribution is 2.25. The van der Waals surface area contributed by atoms with Gasteiger partial charge in [-0.15, -0.1) is 0 Å². The predicted octanol–water partition coefficient (Wildman–Crippen LogP) is 3.14. The van der Waals surface area contributed by atoms with Gasteiger partial charge in [-0.05, 0) is 29.7 Å². The van der Waals surface area contributed by atoms with Gasteiger partial charge >= 0.3 is 0 Å². The summed E-state index contributed by atoms with van der Waals surface area (Å²) in [6.45, 7) is 0. The summed E-state index contributed by atoms with van der Waals surface area (Å²) >= 11 is 12.2. The van der Waals surface area contributed by atoms with Crippen LogP contribution in [0.5, 0.6) is 0 Å². The molecular weight excluding hydrogens is 347 g/mol. The fraction of sp³-hybridized carbons (Fsp3) is 0.222. The molecule has 0 aliphatic carbocycles. The number of halogens is 2. The molecular formula is C18H18Cl2N2O2. The standard InChI is InChI=1S/C18H18Cl2N2O2/c19-14-7-4-8-15(20)13(14)11-16(18(21)24)22-17(23)10-9-12-5-2-1-3-6-12/h1-8,16H,9-11H2,(H2,21,24)(H,22,23)/t16-/m1/s1. The number of rotatable bonds is 7. The molecule has 0 heterocycles. The number of primary amides is 1. The lowest BCUT2D eigenvalue weighted by Crippen LogP contribution is -2.46. The van der Waals surface area contributed by atoms with Crippen molar-refractivity contribution in [3.63, 3.8) is 0 Å². The zero-order chi connectivity index (χ0) is 17.5. The zero-order valence-electron chi connectivity index (χ0n) is 13.0. The fourth-order valence-corrected chi connectivity index (χ4v) is 2.88. The van der Waals surface area contributed by atoms with Gasteiger partial charge in [0.2, 0.25) is 11.8 Å². The predicted molar refractivity (Wildman–Crippen MR) is 96.1 cm³/mol. The lowest BCUT2D eigenvalue weighted by molar-refractivity contribution is -0.127. The third-order valence-corrected chi connectivity index (χ3v) is 4.34. The van der Waals surface area contributed by atoms with Gasteiger partial charge in [-0.1, -0.05) is 59.6 Å². The van der Waals surface area contributed by atoms with E-state index in [4.69, 9.17) is 28.9 Å². The Morgan fingerprint density at radius 1 is 1.00 bits per heavy atom. The second-order valence-corrected chi connectivity index (χ2v) is 6.23. The van der Waals surface area contributed by atoms with E-state index in [9.17, 15) is 9.59 Å². The van der Waals surface area contributed by atoms with Crippen molar-refractivity contribution in [1.29, 1.82) is 0 Å². The Morgan fingerprint density at radius 2 is 1.62 bits per heavy atom. The molecule has 0 aliphatic rings. The van der Waals surface area contributed by atoms with Gasteiger partial charge in [0.1, 0.15) is 6.04 Å². The van der Waals surface area contributed by atoms with Crippen LogP contribution in [0.2, 0.25) is 10.0 Å². The van der Waals surface area contributed by atoms with Crippen LogP contribution in [0.15, 0.2) is 48.5 Å². The van der Waals surface area contributed by atoms with E-state index >= 15 is 0 Å². The van der Waals surface area contributed by atoms with Crippen LogP contribution in [0, 0.1) is 0 Å². The van der Waals surface area contributed by atoms with Crippen molar-refractivity contribution in [3.8, 4) is 0 Å². The molecule has 0 saturated carbocycles. The number of carbonyl (C=O) groups is 2. The Morgan fingerprint density at radius 3 is 2.21 bits per heavy atom. The summed E-state index contributed by atoms with van der Waals surface area (Å²) in [5.41, 5.74) is 7.04. The van der Waals surface area contributed by atoms with Crippen LogP contribution in [-0.2, 0) is 22.4 Å². The first-order valence-electron chi connectivity index (χ1n) is 7.53. The Kier molecular flexibility index (Phi) is 6.64. The highest BCUT2D eigenvalue weighted by Gasteiger charge is 2.21. The highest BCUT2D eigenvalue weighted by molar-refractivity contribution is 6.36. The quantitative estimate of drug-likeness (QED) is 0.791. The molecule has 0 radical (unpaired) electrons. The van der Waals surface area contributed by atoms with E-state index in [0.29, 0.717) is 22.0 Å². The van der Waals surface area contributed by atoms with Crippen LogP contribution in [0.3, 0.4) is 0 Å². The molecule has 4 nitrogen and oxygen atoms in total. The lowest BCUT2D eigenvalue weighted by atomic mass is 10.0. The number of hydrogen-bond donors (Lipinski definition) is 2. The summed E-state index contributed by atoms with van der Waals surface area (Å²) in [4.78, 5) is 23.8. The molecule has 0 bridgehead atoms. The van der Waals surface area contributed by atoms with Gasteiger partial charge in [-0.2, -0.15) is 0 Å². The maximum Gasteiger partial charge on any atom is 0.240 e. The van der Waals surface area contributed by atoms with Crippen LogP contribution in [0.25, 0.3) is 0 Å². The van der Waals surface area contributed by atoms with Crippen molar-refractivity contribution in [2.45, 2.75) is 25.3 Å². The van der Waals surface area contributed by atoms with E-state index < -0.39 is 11.9 Å². The fourth-order valence-electron chi connectivity index (χ4n) is 2.32. The summed E-state index contributed by atoms with van der Waals surface area (Å²) in [6.07, 6.45) is 1.01. The number of nitrogens with one attached hydrogen (secondary N) is 1. The van der Waals surface area contributed by atoms with E-state index in [2.05, 4.69) is 5.32 Å². The van der Waals surface area contributed by atoms with Gasteiger partial charge in [0.05, 0.1) is 0 Å². The van der Waals surface area contributed by atoms with Crippen molar-refractivity contribution in [1.82, 2.24) is 5.32 Å². The zero-order valence-corrected chi connectivity index (χ0v) is 14.5. The summed E-state index contributed by atoms with van der Waals surface area (Å²) in [5, 5.41) is 3.53. The lowest BCUT2D eigenvalue weighted by Gasteiger charge is -2.17. The molecule has 0 aliphatic heterocycles. The number of carbonyl (C=O) groups excluding carboxylic acids is 2. The highest BCUT2D eigenvalue weighted by atomic mass is 35.5. The molecule has 2 aromatic rings. The SMILES string of the molecule is NC(=O)[C@@H](Cc1c(Cl)cccc1Cl)NC(=O)CCc1ccccc1. The van der Waals surface area contributed by atoms with Crippen LogP contribution < -0.4 is 11.1 Å². The van der Waals surface area contributed by atoms with Gasteiger partial charge in [0.25, 0.3) is 0 Å². The van der Waals surface area contributed by atoms with Crippen molar-refractivity contribution < 1.29 is 9.59 Å². The first kappa shape index (κ1) is 18.3. The summed E-state index contributed by atoms with van der Waals surface area (Å²) < 4.78 is 0. The van der Waals surface area contributed by atoms with E-state index in [-0.39, 0.29) is 18.7 Å². The van der Waals surface area contributed by atoms with Gasteiger partial charge in [-0.25, -0.2) is 0 Å². The van der Waals surface area contributed by atoms with Crippen molar-refractivity contribution in [2.75, 3.05) is 0 Å². The summed E-state index contributed by atoms with van der Waals surface area (Å²) in [5.74, 6) is -0.870. The third-order valence-electron chi connectivity index (χ3n) is 3.63. The largest absolute Gasteiger partial charge is 0.368 e. The molecule has 0 spiro atoms. The number of amides is 2. The molecule has 1 atom stereocenters. The minimum absolute atomic E-state index is 0.158. The third kappa shape index (κ3) is 5.25. The smallest absolute Gasteiger partial charge is 0.240 e. The molecule has 0 aromatic heterocycles. The van der Waals surface area contributed by atoms with Gasteiger partial charge < -0.3 is 11.1 Å². The molecule has 0 unspecified atom stereocenters. The van der Waals surface area contributed by atoms with Crippen molar-refractivity contribution >= 4 is 35.0 Å². The number of benzene rings is 2. The van der Waals surface area contributed by atoms with Gasteiger partial charge in [-0.3, -0.25) is 9.59 Å². The molecule has 2 aromatic carbocycles. The minimum Gasteiger partial charge on any atom is -0.368 e. The first-order valence-corrected chi connectivity index (χ1v) is 8.28. The molecule has 24 heavy (non-hydrogen) atoms. The van der Waals surface area contributed by atoms with Crippen molar-refractivity contribution in [2.24, 2.45) is 5.73 Å². The normalized spacial score (nSPS) is 11.8. The maximum absolute atomic E-state index is 12.1. The molecule has 126 valence electrons. The van der Waals surface area contributed by atoms with E-state index in [1.165, 1.54) is 0 Å². The number of nitrogens with two attached hydrogens (primary N) is 1. The van der Waals surface area contributed by atoms with Crippen LogP contribution >= 0.6 is 23.2 Å². The Hall–Kier alpha value is -2.04. The molecule has 2 amide bonds. The van der Waals surface area contributed by atoms with Crippen molar-refractivity contribution in [3.05, 3.63) is 69.7 Å². The molecule has 3 N–H and O–H groups in total. The second-order valence-electron chi connectivity index (χ2n) is 5.41. The topological polar surface area (TPSA) is 72.2 Å². The monoisotopic (exact) mass is 364 g/mol. The maximum atomic E-state index is 12.1. The Labute approximate surface area is 150 Å². The van der Waals surface area contributed by atoms with Gasteiger partial charge in [0.15, 0.2) is 0 Å². The summed E-state index contributed by atoms with van der Waals surface area (Å²) in [7, 11) is 0. The van der Waals surface area contributed by atoms with E-state index in [0.717, 1.165) is 5.56 Å². The Balaban J connectivity index is 1.98. The second kappa shape index (κ2) is 8.71. The summed E-state index contributed by atoms with van der Waals surface area (Å²) in [6, 6.07) is 13.9. The molecule has 6 heteroatoms. The van der Waals surface area contributed by atoms with E-state index in [1.807, 2.05) is 30.3 Å². The van der Waals surface area contributed by atoms with Crippen LogP contribution in [-0.4, -0.2) is 17.9 Å². The molecule has 0 fully saturated rings. The molecule has 0 saturated heterocycles. The molecule has 2 rings (SSSR count). The van der Waals surface area contributed by atoms with Crippen LogP contribution in [0.1, 0.15) is 17.5 Å². The average molecular weight is 365 g/mol. The first-order chi connectivity index (χ1) is 11.5. The van der Waals surface area contributed by atoms with Gasteiger partial charge in [0, 0.05) is 22.9 Å². The Bertz CT molecular complexity index is 700. The van der Waals surface area contributed by atoms with Crippen LogP contribution in [0.4, 0.5) is 0 Å².